The monoisotopic (exact) mass is 457 g/mol. The molecule has 0 fully saturated rings. The zero-order valence-corrected chi connectivity index (χ0v) is 19.8. The van der Waals surface area contributed by atoms with Crippen LogP contribution in [0.2, 0.25) is 0 Å². The molecule has 0 radical (unpaired) electrons. The van der Waals surface area contributed by atoms with E-state index in [2.05, 4.69) is 22.4 Å². The Hall–Kier alpha value is -2.55. The van der Waals surface area contributed by atoms with Crippen LogP contribution in [-0.4, -0.2) is 43.8 Å². The van der Waals surface area contributed by atoms with E-state index in [9.17, 15) is 13.2 Å². The Balaban J connectivity index is 1.52. The molecule has 164 valence electrons. The van der Waals surface area contributed by atoms with Crippen LogP contribution in [0.15, 0.2) is 52.7 Å². The number of rotatable bonds is 8. The molecule has 1 heterocycles. The molecule has 1 N–H and O–H groups in total. The summed E-state index contributed by atoms with van der Waals surface area (Å²) in [5.74, 6) is -0.344. The first kappa shape index (κ1) is 23.1. The zero-order chi connectivity index (χ0) is 22.6. The van der Waals surface area contributed by atoms with E-state index in [1.54, 1.807) is 29.5 Å². The van der Waals surface area contributed by atoms with Crippen LogP contribution < -0.4 is 5.32 Å². The summed E-state index contributed by atoms with van der Waals surface area (Å²) in [6, 6.07) is 13.2. The lowest BCUT2D eigenvalue weighted by Crippen LogP contribution is -2.39. The maximum atomic E-state index is 12.7. The number of likely N-dealkylation sites (N-methyl/N-ethyl adjacent to an activating group) is 1. The third-order valence-corrected chi connectivity index (χ3v) is 7.85. The molecule has 8 heteroatoms. The average Bonchev–Trinajstić information content (AvgIpc) is 3.19. The van der Waals surface area contributed by atoms with Crippen LogP contribution in [0.4, 0.5) is 0 Å². The first-order valence-corrected chi connectivity index (χ1v) is 12.3. The maximum absolute atomic E-state index is 12.7. The Morgan fingerprint density at radius 2 is 1.77 bits per heavy atom. The van der Waals surface area contributed by atoms with Gasteiger partial charge in [-0.1, -0.05) is 35.9 Å². The van der Waals surface area contributed by atoms with Gasteiger partial charge in [-0.2, -0.15) is 4.31 Å². The quantitative estimate of drug-likeness (QED) is 0.559. The fourth-order valence-electron chi connectivity index (χ4n) is 2.98. The molecule has 0 aliphatic heterocycles. The van der Waals surface area contributed by atoms with Crippen LogP contribution in [0.1, 0.15) is 22.4 Å². The fraction of sp³-hybridized carbons (Fsp3) is 0.304. The Kier molecular flexibility index (Phi) is 7.25. The number of hydrogen-bond acceptors (Lipinski definition) is 5. The molecule has 0 saturated carbocycles. The van der Waals surface area contributed by atoms with E-state index in [1.165, 1.54) is 12.6 Å². The second-order valence-corrected chi connectivity index (χ2v) is 10.5. The Morgan fingerprint density at radius 3 is 2.45 bits per heavy atom. The summed E-state index contributed by atoms with van der Waals surface area (Å²) in [6.45, 7) is 6.00. The van der Waals surface area contributed by atoms with Crippen LogP contribution in [0, 0.1) is 20.8 Å². The van der Waals surface area contributed by atoms with Crippen molar-refractivity contribution in [1.82, 2.24) is 14.6 Å². The number of nitrogens with one attached hydrogen (secondary N) is 1. The van der Waals surface area contributed by atoms with Gasteiger partial charge in [0.15, 0.2) is 0 Å². The molecule has 0 unspecified atom stereocenters. The first-order chi connectivity index (χ1) is 14.7. The van der Waals surface area contributed by atoms with E-state index in [4.69, 9.17) is 0 Å². The summed E-state index contributed by atoms with van der Waals surface area (Å²) < 4.78 is 26.5. The van der Waals surface area contributed by atoms with Gasteiger partial charge in [0.25, 0.3) is 0 Å². The van der Waals surface area contributed by atoms with Gasteiger partial charge < -0.3 is 5.32 Å². The fourth-order valence-corrected chi connectivity index (χ4v) is 5.05. The van der Waals surface area contributed by atoms with E-state index >= 15 is 0 Å². The lowest BCUT2D eigenvalue weighted by molar-refractivity contribution is -0.121. The number of sulfonamides is 1. The number of nitrogens with zero attached hydrogens (tertiary/aromatic N) is 2. The number of hydrogen-bond donors (Lipinski definition) is 1. The van der Waals surface area contributed by atoms with Crippen LogP contribution in [0.3, 0.4) is 0 Å². The van der Waals surface area contributed by atoms with Gasteiger partial charge in [0.05, 0.1) is 17.1 Å². The van der Waals surface area contributed by atoms with E-state index in [-0.39, 0.29) is 17.3 Å². The molecule has 0 saturated heterocycles. The zero-order valence-electron chi connectivity index (χ0n) is 18.2. The van der Waals surface area contributed by atoms with Crippen molar-refractivity contribution in [2.75, 3.05) is 20.1 Å². The molecule has 1 aromatic heterocycles. The highest BCUT2D eigenvalue weighted by atomic mass is 32.2. The van der Waals surface area contributed by atoms with Crippen molar-refractivity contribution in [1.29, 1.82) is 0 Å². The van der Waals surface area contributed by atoms with Gasteiger partial charge in [-0.05, 0) is 44.0 Å². The number of thiazole rings is 1. The normalized spacial score (nSPS) is 11.6. The molecular weight excluding hydrogens is 430 g/mol. The third-order valence-electron chi connectivity index (χ3n) is 5.11. The number of benzene rings is 2. The molecule has 0 spiro atoms. The van der Waals surface area contributed by atoms with Gasteiger partial charge in [-0.15, -0.1) is 11.3 Å². The summed E-state index contributed by atoms with van der Waals surface area (Å²) in [5, 5.41) is 5.71. The van der Waals surface area contributed by atoms with Crippen molar-refractivity contribution < 1.29 is 13.2 Å². The van der Waals surface area contributed by atoms with Crippen molar-refractivity contribution in [3.63, 3.8) is 0 Å². The SMILES string of the molecule is Cc1ccc(-c2nc(CCNC(=O)CN(C)S(=O)(=O)c3ccc(C)c(C)c3)cs2)cc1. The minimum absolute atomic E-state index is 0.192. The Morgan fingerprint density at radius 1 is 1.06 bits per heavy atom. The average molecular weight is 458 g/mol. The van der Waals surface area contributed by atoms with Crippen molar-refractivity contribution in [3.8, 4) is 10.6 Å². The van der Waals surface area contributed by atoms with Gasteiger partial charge in [0, 0.05) is 31.0 Å². The third kappa shape index (κ3) is 5.78. The smallest absolute Gasteiger partial charge is 0.243 e. The maximum Gasteiger partial charge on any atom is 0.243 e. The van der Waals surface area contributed by atoms with Gasteiger partial charge in [-0.3, -0.25) is 4.79 Å². The molecule has 3 aromatic rings. The molecule has 2 aromatic carbocycles. The van der Waals surface area contributed by atoms with E-state index in [0.29, 0.717) is 13.0 Å². The van der Waals surface area contributed by atoms with Crippen molar-refractivity contribution in [3.05, 3.63) is 70.2 Å². The predicted octanol–water partition coefficient (Wildman–Crippen LogP) is 3.71. The van der Waals surface area contributed by atoms with Gasteiger partial charge in [-0.25, -0.2) is 13.4 Å². The number of carbonyl (C=O) groups excluding carboxylic acids is 1. The van der Waals surface area contributed by atoms with Gasteiger partial charge >= 0.3 is 0 Å². The summed E-state index contributed by atoms with van der Waals surface area (Å²) >= 11 is 1.57. The molecule has 0 atom stereocenters. The van der Waals surface area contributed by atoms with Crippen LogP contribution >= 0.6 is 11.3 Å². The highest BCUT2D eigenvalue weighted by Crippen LogP contribution is 2.24. The molecule has 6 nitrogen and oxygen atoms in total. The largest absolute Gasteiger partial charge is 0.355 e. The highest BCUT2D eigenvalue weighted by molar-refractivity contribution is 7.89. The second kappa shape index (κ2) is 9.72. The van der Waals surface area contributed by atoms with Crippen LogP contribution in [0.5, 0.6) is 0 Å². The number of aromatic nitrogens is 1. The molecule has 31 heavy (non-hydrogen) atoms. The standard InChI is InChI=1S/C23H27N3O3S2/c1-16-5-8-19(9-6-16)23-25-20(15-30-23)11-12-24-22(27)14-26(4)31(28,29)21-10-7-17(2)18(3)13-21/h5-10,13,15H,11-12,14H2,1-4H3,(H,24,27). The Bertz CT molecular complexity index is 1170. The number of amides is 1. The highest BCUT2D eigenvalue weighted by Gasteiger charge is 2.23. The lowest BCUT2D eigenvalue weighted by atomic mass is 10.1. The second-order valence-electron chi connectivity index (χ2n) is 7.62. The minimum atomic E-state index is -3.72. The lowest BCUT2D eigenvalue weighted by Gasteiger charge is -2.17. The molecule has 0 bridgehead atoms. The van der Waals surface area contributed by atoms with Gasteiger partial charge in [0.2, 0.25) is 15.9 Å². The van der Waals surface area contributed by atoms with Crippen LogP contribution in [-0.2, 0) is 21.2 Å². The summed E-state index contributed by atoms with van der Waals surface area (Å²) in [5.41, 5.74) is 5.09. The number of aryl methyl sites for hydroxylation is 3. The molecule has 3 rings (SSSR count). The molecule has 1 amide bonds. The number of carbonyl (C=O) groups is 1. The molecule has 0 aliphatic rings. The minimum Gasteiger partial charge on any atom is -0.355 e. The predicted molar refractivity (Wildman–Crippen MR) is 125 cm³/mol. The topological polar surface area (TPSA) is 79.4 Å². The molecular formula is C23H27N3O3S2. The van der Waals surface area contributed by atoms with Crippen molar-refractivity contribution in [2.24, 2.45) is 0 Å². The van der Waals surface area contributed by atoms with E-state index in [0.717, 1.165) is 31.7 Å². The van der Waals surface area contributed by atoms with E-state index in [1.807, 2.05) is 38.3 Å². The first-order valence-electron chi connectivity index (χ1n) is 9.98. The Labute approximate surface area is 188 Å². The van der Waals surface area contributed by atoms with Crippen molar-refractivity contribution >= 4 is 27.3 Å². The molecule has 0 aliphatic carbocycles. The van der Waals surface area contributed by atoms with E-state index < -0.39 is 10.0 Å². The summed E-state index contributed by atoms with van der Waals surface area (Å²) in [6.07, 6.45) is 0.585. The summed E-state index contributed by atoms with van der Waals surface area (Å²) in [4.78, 5) is 17.1. The van der Waals surface area contributed by atoms with Gasteiger partial charge in [0.1, 0.15) is 5.01 Å². The van der Waals surface area contributed by atoms with Crippen LogP contribution in [0.25, 0.3) is 10.6 Å². The summed E-state index contributed by atoms with van der Waals surface area (Å²) in [7, 11) is -2.30. The van der Waals surface area contributed by atoms with Crippen molar-refractivity contribution in [2.45, 2.75) is 32.1 Å².